The first-order valence-electron chi connectivity index (χ1n) is 5.89. The highest BCUT2D eigenvalue weighted by Gasteiger charge is 2.22. The summed E-state index contributed by atoms with van der Waals surface area (Å²) in [5.74, 6) is -4.87. The van der Waals surface area contributed by atoms with Gasteiger partial charge in [0.2, 0.25) is 5.78 Å². The summed E-state index contributed by atoms with van der Waals surface area (Å²) in [6.45, 7) is 0. The fourth-order valence-corrected chi connectivity index (χ4v) is 1.91. The average molecular weight is 296 g/mol. The van der Waals surface area contributed by atoms with Crippen LogP contribution in [0.5, 0.6) is 11.5 Å². The molecule has 110 valence electrons. The molecule has 0 amide bonds. The van der Waals surface area contributed by atoms with Crippen LogP contribution in [0.25, 0.3) is 0 Å². The Hall–Kier alpha value is -2.50. The van der Waals surface area contributed by atoms with Crippen LogP contribution in [0.4, 0.5) is 13.2 Å². The summed E-state index contributed by atoms with van der Waals surface area (Å²) in [4.78, 5) is 12.4. The fraction of sp³-hybridized carbons (Fsp3) is 0.133. The Labute approximate surface area is 118 Å². The Bertz CT molecular complexity index is 653. The molecule has 0 saturated carbocycles. The molecule has 3 nitrogen and oxygen atoms in total. The minimum absolute atomic E-state index is 0.00732. The van der Waals surface area contributed by atoms with Crippen LogP contribution in [0.3, 0.4) is 0 Å². The summed E-state index contributed by atoms with van der Waals surface area (Å²) in [5.41, 5.74) is -0.331. The Morgan fingerprint density at radius 2 is 1.43 bits per heavy atom. The molecule has 0 aliphatic carbocycles. The zero-order chi connectivity index (χ0) is 15.6. The molecule has 6 heteroatoms. The Morgan fingerprint density at radius 3 is 1.86 bits per heavy atom. The van der Waals surface area contributed by atoms with E-state index in [4.69, 9.17) is 9.47 Å². The van der Waals surface area contributed by atoms with Crippen LogP contribution in [0.1, 0.15) is 15.9 Å². The lowest BCUT2D eigenvalue weighted by Gasteiger charge is -2.12. The Morgan fingerprint density at radius 1 is 0.952 bits per heavy atom. The van der Waals surface area contributed by atoms with Gasteiger partial charge in [-0.05, 0) is 24.3 Å². The minimum atomic E-state index is -1.63. The maximum absolute atomic E-state index is 13.3. The predicted molar refractivity (Wildman–Crippen MR) is 69.3 cm³/mol. The molecule has 2 aromatic carbocycles. The minimum Gasteiger partial charge on any atom is -0.496 e. The summed E-state index contributed by atoms with van der Waals surface area (Å²) in [7, 11) is 2.69. The van der Waals surface area contributed by atoms with Crippen molar-refractivity contribution in [1.82, 2.24) is 0 Å². The number of hydrogen-bond donors (Lipinski definition) is 0. The fourth-order valence-electron chi connectivity index (χ4n) is 1.91. The van der Waals surface area contributed by atoms with E-state index < -0.39 is 23.2 Å². The van der Waals surface area contributed by atoms with Crippen molar-refractivity contribution in [2.45, 2.75) is 0 Å². The number of carbonyl (C=O) groups excluding carboxylic acids is 1. The molecule has 0 radical (unpaired) electrons. The number of ether oxygens (including phenoxy) is 2. The van der Waals surface area contributed by atoms with Gasteiger partial charge in [0, 0.05) is 5.56 Å². The van der Waals surface area contributed by atoms with E-state index in [9.17, 15) is 18.0 Å². The molecule has 0 fully saturated rings. The highest BCUT2D eigenvalue weighted by Crippen LogP contribution is 2.31. The molecule has 0 aliphatic rings. The zero-order valence-electron chi connectivity index (χ0n) is 11.2. The molecule has 2 aromatic rings. The Kier molecular flexibility index (Phi) is 4.16. The molecule has 0 saturated heterocycles. The SMILES string of the molecule is COc1cccc(OC)c1C(=O)c1cc(F)c(F)c(F)c1. The number of hydrogen-bond acceptors (Lipinski definition) is 3. The van der Waals surface area contributed by atoms with Gasteiger partial charge in [-0.2, -0.15) is 0 Å². The quantitative estimate of drug-likeness (QED) is 0.641. The van der Waals surface area contributed by atoms with Crippen molar-refractivity contribution in [3.05, 3.63) is 58.9 Å². The number of methoxy groups -OCH3 is 2. The van der Waals surface area contributed by atoms with Gasteiger partial charge in [0.05, 0.1) is 14.2 Å². The van der Waals surface area contributed by atoms with Gasteiger partial charge >= 0.3 is 0 Å². The maximum Gasteiger partial charge on any atom is 0.200 e. The van der Waals surface area contributed by atoms with Gasteiger partial charge in [-0.25, -0.2) is 13.2 Å². The number of rotatable bonds is 4. The highest BCUT2D eigenvalue weighted by molar-refractivity contribution is 6.12. The third-order valence-electron chi connectivity index (χ3n) is 2.90. The highest BCUT2D eigenvalue weighted by atomic mass is 19.2. The van der Waals surface area contributed by atoms with Gasteiger partial charge in [0.25, 0.3) is 0 Å². The van der Waals surface area contributed by atoms with Crippen LogP contribution in [-0.4, -0.2) is 20.0 Å². The van der Waals surface area contributed by atoms with Crippen LogP contribution >= 0.6 is 0 Å². The molecule has 0 heterocycles. The normalized spacial score (nSPS) is 10.3. The lowest BCUT2D eigenvalue weighted by molar-refractivity contribution is 0.103. The van der Waals surface area contributed by atoms with Gasteiger partial charge in [0.15, 0.2) is 17.5 Å². The first kappa shape index (κ1) is 14.9. The van der Waals surface area contributed by atoms with Gasteiger partial charge in [-0.1, -0.05) is 6.07 Å². The standard InChI is InChI=1S/C15H11F3O3/c1-20-11-4-3-5-12(21-2)13(11)15(19)8-6-9(16)14(18)10(17)7-8/h3-7H,1-2H3. The molecule has 0 unspecified atom stereocenters. The van der Waals surface area contributed by atoms with E-state index in [1.165, 1.54) is 26.4 Å². The first-order valence-corrected chi connectivity index (χ1v) is 5.89. The third-order valence-corrected chi connectivity index (χ3v) is 2.90. The maximum atomic E-state index is 13.3. The largest absolute Gasteiger partial charge is 0.496 e. The lowest BCUT2D eigenvalue weighted by atomic mass is 10.0. The second-order valence-corrected chi connectivity index (χ2v) is 4.12. The van der Waals surface area contributed by atoms with Crippen molar-refractivity contribution in [2.75, 3.05) is 14.2 Å². The molecule has 0 aliphatic heterocycles. The molecular formula is C15H11F3O3. The smallest absolute Gasteiger partial charge is 0.200 e. The summed E-state index contributed by atoms with van der Waals surface area (Å²) < 4.78 is 49.6. The predicted octanol–water partition coefficient (Wildman–Crippen LogP) is 3.35. The number of ketones is 1. The van der Waals surface area contributed by atoms with E-state index in [0.29, 0.717) is 12.1 Å². The summed E-state index contributed by atoms with van der Waals surface area (Å²) in [6, 6.07) is 5.87. The van der Waals surface area contributed by atoms with Gasteiger partial charge in [-0.3, -0.25) is 4.79 Å². The first-order chi connectivity index (χ1) is 9.99. The third kappa shape index (κ3) is 2.69. The van der Waals surface area contributed by atoms with E-state index in [1.54, 1.807) is 6.07 Å². The van der Waals surface area contributed by atoms with Crippen LogP contribution < -0.4 is 9.47 Å². The van der Waals surface area contributed by atoms with Crippen LogP contribution in [0.15, 0.2) is 30.3 Å². The summed E-state index contributed by atoms with van der Waals surface area (Å²) in [5, 5.41) is 0. The molecule has 21 heavy (non-hydrogen) atoms. The monoisotopic (exact) mass is 296 g/mol. The van der Waals surface area contributed by atoms with Crippen LogP contribution in [0.2, 0.25) is 0 Å². The van der Waals surface area contributed by atoms with Gasteiger partial charge in [0.1, 0.15) is 17.1 Å². The van der Waals surface area contributed by atoms with Gasteiger partial charge < -0.3 is 9.47 Å². The van der Waals surface area contributed by atoms with Gasteiger partial charge in [-0.15, -0.1) is 0 Å². The van der Waals surface area contributed by atoms with E-state index in [1.807, 2.05) is 0 Å². The Balaban J connectivity index is 2.60. The van der Waals surface area contributed by atoms with Crippen molar-refractivity contribution in [1.29, 1.82) is 0 Å². The zero-order valence-corrected chi connectivity index (χ0v) is 11.2. The number of benzene rings is 2. The summed E-state index contributed by atoms with van der Waals surface area (Å²) in [6.07, 6.45) is 0. The average Bonchev–Trinajstić information content (AvgIpc) is 2.50. The molecule has 0 spiro atoms. The molecular weight excluding hydrogens is 285 g/mol. The van der Waals surface area contributed by atoms with E-state index in [-0.39, 0.29) is 22.6 Å². The van der Waals surface area contributed by atoms with Crippen molar-refractivity contribution >= 4 is 5.78 Å². The van der Waals surface area contributed by atoms with Crippen molar-refractivity contribution in [2.24, 2.45) is 0 Å². The topological polar surface area (TPSA) is 35.5 Å². The van der Waals surface area contributed by atoms with E-state index >= 15 is 0 Å². The molecule has 0 atom stereocenters. The summed E-state index contributed by atoms with van der Waals surface area (Å²) >= 11 is 0. The molecule has 0 aromatic heterocycles. The molecule has 0 N–H and O–H groups in total. The van der Waals surface area contributed by atoms with Crippen LogP contribution in [-0.2, 0) is 0 Å². The molecule has 2 rings (SSSR count). The lowest BCUT2D eigenvalue weighted by Crippen LogP contribution is -2.08. The number of halogens is 3. The second kappa shape index (κ2) is 5.87. The molecule has 0 bridgehead atoms. The van der Waals surface area contributed by atoms with Crippen molar-refractivity contribution < 1.29 is 27.4 Å². The van der Waals surface area contributed by atoms with Crippen LogP contribution in [0, 0.1) is 17.5 Å². The second-order valence-electron chi connectivity index (χ2n) is 4.12. The number of carbonyl (C=O) groups is 1. The van der Waals surface area contributed by atoms with E-state index in [2.05, 4.69) is 0 Å². The van der Waals surface area contributed by atoms with Crippen molar-refractivity contribution in [3.8, 4) is 11.5 Å². The van der Waals surface area contributed by atoms with Crippen molar-refractivity contribution in [3.63, 3.8) is 0 Å². The van der Waals surface area contributed by atoms with E-state index in [0.717, 1.165) is 0 Å².